The first-order valence-corrected chi connectivity index (χ1v) is 10.6. The third kappa shape index (κ3) is 3.14. The molecule has 6 nitrogen and oxygen atoms in total. The maximum Gasteiger partial charge on any atom is 0.297 e. The summed E-state index contributed by atoms with van der Waals surface area (Å²) in [5.74, 6) is 0.366. The molecule has 0 radical (unpaired) electrons. The third-order valence-corrected chi connectivity index (χ3v) is 5.99. The quantitative estimate of drug-likeness (QED) is 0.422. The molecule has 0 fully saturated rings. The second kappa shape index (κ2) is 7.52. The molecule has 2 aromatic heterocycles. The van der Waals surface area contributed by atoms with Gasteiger partial charge < -0.3 is 9.15 Å². The number of carbonyl (C=O) groups is 1. The normalized spacial score (nSPS) is 15.3. The minimum absolute atomic E-state index is 0.0635. The summed E-state index contributed by atoms with van der Waals surface area (Å²) in [6.07, 6.45) is 3.30. The van der Waals surface area contributed by atoms with Gasteiger partial charge in [0.25, 0.3) is 5.91 Å². The van der Waals surface area contributed by atoms with Gasteiger partial charge in [0.15, 0.2) is 10.6 Å². The van der Waals surface area contributed by atoms with Gasteiger partial charge >= 0.3 is 0 Å². The van der Waals surface area contributed by atoms with Crippen LogP contribution >= 0.6 is 11.3 Å². The Morgan fingerprint density at radius 1 is 1.23 bits per heavy atom. The van der Waals surface area contributed by atoms with Crippen LogP contribution in [0.1, 0.15) is 33.3 Å². The van der Waals surface area contributed by atoms with Crippen molar-refractivity contribution in [2.24, 2.45) is 0 Å². The predicted molar refractivity (Wildman–Crippen MR) is 120 cm³/mol. The number of aryl methyl sites for hydroxylation is 1. The summed E-state index contributed by atoms with van der Waals surface area (Å²) in [6.45, 7) is 5.96. The number of amides is 1. The van der Waals surface area contributed by atoms with Crippen LogP contribution in [0, 0.1) is 6.92 Å². The minimum atomic E-state index is -0.636. The van der Waals surface area contributed by atoms with Crippen LogP contribution in [-0.2, 0) is 0 Å². The van der Waals surface area contributed by atoms with E-state index in [-0.39, 0.29) is 17.1 Å². The van der Waals surface area contributed by atoms with Crippen molar-refractivity contribution in [1.82, 2.24) is 4.98 Å². The molecule has 0 aliphatic carbocycles. The second-order valence-corrected chi connectivity index (χ2v) is 8.11. The minimum Gasteiger partial charge on any atom is -0.490 e. The van der Waals surface area contributed by atoms with Crippen molar-refractivity contribution >= 4 is 33.3 Å². The maximum absolute atomic E-state index is 13.5. The molecule has 2 aromatic carbocycles. The van der Waals surface area contributed by atoms with Crippen LogP contribution in [0.15, 0.2) is 75.9 Å². The van der Waals surface area contributed by atoms with Gasteiger partial charge in [-0.15, -0.1) is 11.3 Å². The van der Waals surface area contributed by atoms with E-state index in [9.17, 15) is 9.59 Å². The van der Waals surface area contributed by atoms with Crippen molar-refractivity contribution in [3.63, 3.8) is 0 Å². The number of nitrogens with zero attached hydrogens (tertiary/aromatic N) is 2. The van der Waals surface area contributed by atoms with E-state index in [4.69, 9.17) is 9.15 Å². The lowest BCUT2D eigenvalue weighted by atomic mass is 9.98. The SMILES string of the molecule is C=CCOc1ccc([C@H]2c3c(oc4ccc(C)cc4c3=O)C(=O)N2c2nccs2)cc1. The molecule has 0 bridgehead atoms. The number of ether oxygens (including phenoxy) is 1. The number of fused-ring (bicyclic) bond motifs is 2. The fourth-order valence-corrected chi connectivity index (χ4v) is 4.50. The number of benzene rings is 2. The molecule has 3 heterocycles. The Kier molecular flexibility index (Phi) is 4.67. The molecule has 1 amide bonds. The highest BCUT2D eigenvalue weighted by Gasteiger charge is 2.44. The molecule has 0 saturated heterocycles. The Balaban J connectivity index is 1.72. The third-order valence-electron chi connectivity index (χ3n) is 5.21. The van der Waals surface area contributed by atoms with Gasteiger partial charge in [0.05, 0.1) is 17.0 Å². The van der Waals surface area contributed by atoms with E-state index in [0.29, 0.717) is 34.0 Å². The highest BCUT2D eigenvalue weighted by atomic mass is 32.1. The van der Waals surface area contributed by atoms with Gasteiger partial charge in [-0.1, -0.05) is 36.4 Å². The van der Waals surface area contributed by atoms with E-state index in [2.05, 4.69) is 11.6 Å². The van der Waals surface area contributed by atoms with Crippen LogP contribution in [0.3, 0.4) is 0 Å². The molecule has 0 N–H and O–H groups in total. The predicted octanol–water partition coefficient (Wildman–Crippen LogP) is 4.87. The number of carbonyl (C=O) groups excluding carboxylic acids is 1. The first-order chi connectivity index (χ1) is 15.1. The summed E-state index contributed by atoms with van der Waals surface area (Å²) in [6, 6.07) is 12.1. The summed E-state index contributed by atoms with van der Waals surface area (Å²) in [5.41, 5.74) is 2.24. The maximum atomic E-state index is 13.5. The Morgan fingerprint density at radius 3 is 2.74 bits per heavy atom. The van der Waals surface area contributed by atoms with Crippen molar-refractivity contribution in [3.8, 4) is 5.75 Å². The highest BCUT2D eigenvalue weighted by Crippen LogP contribution is 2.42. The van der Waals surface area contributed by atoms with Crippen molar-refractivity contribution in [3.05, 3.63) is 99.4 Å². The molecule has 4 aromatic rings. The molecule has 0 unspecified atom stereocenters. The monoisotopic (exact) mass is 430 g/mol. The van der Waals surface area contributed by atoms with E-state index in [1.165, 1.54) is 16.2 Å². The van der Waals surface area contributed by atoms with Crippen molar-refractivity contribution in [1.29, 1.82) is 0 Å². The first kappa shape index (κ1) is 19.3. The smallest absolute Gasteiger partial charge is 0.297 e. The second-order valence-electron chi connectivity index (χ2n) is 7.23. The van der Waals surface area contributed by atoms with Gasteiger partial charge in [-0.3, -0.25) is 14.5 Å². The molecule has 5 rings (SSSR count). The average Bonchev–Trinajstić information content (AvgIpc) is 3.40. The van der Waals surface area contributed by atoms with Crippen LogP contribution in [-0.4, -0.2) is 17.5 Å². The van der Waals surface area contributed by atoms with Gasteiger partial charge in [-0.2, -0.15) is 0 Å². The average molecular weight is 430 g/mol. The Morgan fingerprint density at radius 2 is 2.03 bits per heavy atom. The Labute approximate surface area is 182 Å². The molecule has 1 aliphatic heterocycles. The summed E-state index contributed by atoms with van der Waals surface area (Å²) < 4.78 is 11.5. The van der Waals surface area contributed by atoms with Gasteiger partial charge in [-0.25, -0.2) is 4.98 Å². The fourth-order valence-electron chi connectivity index (χ4n) is 3.84. The van der Waals surface area contributed by atoms with Gasteiger partial charge in [0, 0.05) is 11.6 Å². The molecule has 154 valence electrons. The summed E-state index contributed by atoms with van der Waals surface area (Å²) in [5, 5.41) is 2.76. The van der Waals surface area contributed by atoms with Crippen molar-refractivity contribution in [2.45, 2.75) is 13.0 Å². The number of anilines is 1. The van der Waals surface area contributed by atoms with Crippen LogP contribution in [0.25, 0.3) is 11.0 Å². The summed E-state index contributed by atoms with van der Waals surface area (Å²) in [7, 11) is 0. The van der Waals surface area contributed by atoms with E-state index in [0.717, 1.165) is 11.1 Å². The summed E-state index contributed by atoms with van der Waals surface area (Å²) >= 11 is 1.33. The fraction of sp³-hybridized carbons (Fsp3) is 0.125. The number of aromatic nitrogens is 1. The lowest BCUT2D eigenvalue weighted by Crippen LogP contribution is -2.29. The first-order valence-electron chi connectivity index (χ1n) is 9.72. The summed E-state index contributed by atoms with van der Waals surface area (Å²) in [4.78, 5) is 32.8. The van der Waals surface area contributed by atoms with Crippen LogP contribution in [0.5, 0.6) is 5.75 Å². The number of thiazole rings is 1. The molecule has 1 atom stereocenters. The lowest BCUT2D eigenvalue weighted by Gasteiger charge is -2.22. The van der Waals surface area contributed by atoms with Gasteiger partial charge in [-0.05, 0) is 36.8 Å². The molecule has 0 saturated carbocycles. The van der Waals surface area contributed by atoms with Crippen LogP contribution in [0.4, 0.5) is 5.13 Å². The largest absolute Gasteiger partial charge is 0.490 e. The van der Waals surface area contributed by atoms with Crippen molar-refractivity contribution < 1.29 is 13.9 Å². The standard InChI is InChI=1S/C24H18N2O4S/c1-3-11-29-16-7-5-15(6-8-16)20-19-21(27)17-13-14(2)4-9-18(17)30-22(19)23(28)26(20)24-25-10-12-31-24/h3-10,12-13,20H,1,11H2,2H3/t20-/m0/s1. The van der Waals surface area contributed by atoms with E-state index in [1.807, 2.05) is 37.3 Å². The number of rotatable bonds is 5. The Bertz CT molecular complexity index is 1360. The van der Waals surface area contributed by atoms with Crippen LogP contribution < -0.4 is 15.1 Å². The molecular weight excluding hydrogens is 412 g/mol. The molecule has 0 spiro atoms. The van der Waals surface area contributed by atoms with Gasteiger partial charge in [0.2, 0.25) is 5.76 Å². The lowest BCUT2D eigenvalue weighted by molar-refractivity contribution is 0.0971. The molecule has 1 aliphatic rings. The molecule has 31 heavy (non-hydrogen) atoms. The molecular formula is C24H18N2O4S. The van der Waals surface area contributed by atoms with Crippen molar-refractivity contribution in [2.75, 3.05) is 11.5 Å². The topological polar surface area (TPSA) is 72.6 Å². The van der Waals surface area contributed by atoms with Gasteiger partial charge in [0.1, 0.15) is 17.9 Å². The molecule has 7 heteroatoms. The zero-order valence-corrected chi connectivity index (χ0v) is 17.5. The highest BCUT2D eigenvalue weighted by molar-refractivity contribution is 7.13. The Hall–Kier alpha value is -3.71. The zero-order chi connectivity index (χ0) is 21.5. The van der Waals surface area contributed by atoms with Crippen LogP contribution in [0.2, 0.25) is 0 Å². The zero-order valence-electron chi connectivity index (χ0n) is 16.7. The number of hydrogen-bond acceptors (Lipinski definition) is 6. The van der Waals surface area contributed by atoms with E-state index in [1.54, 1.807) is 29.8 Å². The number of hydrogen-bond donors (Lipinski definition) is 0. The van der Waals surface area contributed by atoms with E-state index < -0.39 is 6.04 Å². The van der Waals surface area contributed by atoms with E-state index >= 15 is 0 Å².